The van der Waals surface area contributed by atoms with Crippen LogP contribution in [0.15, 0.2) is 21.6 Å². The Morgan fingerprint density at radius 1 is 1.59 bits per heavy atom. The molecular formula is C9H10BrClN2O3S. The second kappa shape index (κ2) is 4.81. The lowest BCUT2D eigenvalue weighted by Crippen LogP contribution is -2.30. The van der Waals surface area contributed by atoms with Crippen molar-refractivity contribution in [3.05, 3.63) is 21.9 Å². The van der Waals surface area contributed by atoms with Crippen LogP contribution in [0, 0.1) is 0 Å². The SMILES string of the molecule is O=S(=O)(c1cc(Br)cnc1Cl)N1CC[C@H](O)C1. The first kappa shape index (κ1) is 13.2. The summed E-state index contributed by atoms with van der Waals surface area (Å²) in [5.74, 6) is 0. The zero-order valence-electron chi connectivity index (χ0n) is 8.68. The van der Waals surface area contributed by atoms with E-state index >= 15 is 0 Å². The highest BCUT2D eigenvalue weighted by Crippen LogP contribution is 2.27. The number of aromatic nitrogens is 1. The van der Waals surface area contributed by atoms with E-state index in [0.717, 1.165) is 0 Å². The minimum absolute atomic E-state index is 0.0392. The number of hydrogen-bond donors (Lipinski definition) is 1. The number of aliphatic hydroxyl groups is 1. The van der Waals surface area contributed by atoms with Gasteiger partial charge in [-0.3, -0.25) is 0 Å². The van der Waals surface area contributed by atoms with E-state index in [-0.39, 0.29) is 16.6 Å². The van der Waals surface area contributed by atoms with Crippen molar-refractivity contribution in [2.75, 3.05) is 13.1 Å². The van der Waals surface area contributed by atoms with E-state index in [2.05, 4.69) is 20.9 Å². The van der Waals surface area contributed by atoms with Crippen molar-refractivity contribution in [1.82, 2.24) is 9.29 Å². The molecule has 1 aromatic rings. The first-order valence-electron chi connectivity index (χ1n) is 4.90. The third-order valence-corrected chi connectivity index (χ3v) is 5.24. The first-order chi connectivity index (χ1) is 7.91. The molecule has 1 aliphatic rings. The fraction of sp³-hybridized carbons (Fsp3) is 0.444. The molecule has 1 fully saturated rings. The van der Waals surface area contributed by atoms with Gasteiger partial charge in [0.2, 0.25) is 10.0 Å². The first-order valence-corrected chi connectivity index (χ1v) is 7.51. The van der Waals surface area contributed by atoms with Crippen LogP contribution in [0.5, 0.6) is 0 Å². The molecule has 5 nitrogen and oxygen atoms in total. The number of aliphatic hydroxyl groups excluding tert-OH is 1. The maximum Gasteiger partial charge on any atom is 0.246 e. The molecule has 0 aromatic carbocycles. The topological polar surface area (TPSA) is 70.5 Å². The maximum absolute atomic E-state index is 12.2. The second-order valence-corrected chi connectivity index (χ2v) is 6.93. The van der Waals surface area contributed by atoms with E-state index in [1.54, 1.807) is 0 Å². The van der Waals surface area contributed by atoms with Crippen LogP contribution in [0.4, 0.5) is 0 Å². The van der Waals surface area contributed by atoms with Crippen molar-refractivity contribution >= 4 is 37.6 Å². The molecule has 0 amide bonds. The smallest absolute Gasteiger partial charge is 0.246 e. The highest BCUT2D eigenvalue weighted by Gasteiger charge is 2.33. The zero-order chi connectivity index (χ0) is 12.6. The van der Waals surface area contributed by atoms with Crippen LogP contribution in [0.1, 0.15) is 6.42 Å². The van der Waals surface area contributed by atoms with Crippen molar-refractivity contribution in [1.29, 1.82) is 0 Å². The summed E-state index contributed by atoms with van der Waals surface area (Å²) in [6, 6.07) is 1.41. The molecule has 94 valence electrons. The van der Waals surface area contributed by atoms with Crippen molar-refractivity contribution in [2.45, 2.75) is 17.4 Å². The van der Waals surface area contributed by atoms with Crippen LogP contribution < -0.4 is 0 Å². The number of nitrogens with zero attached hydrogens (tertiary/aromatic N) is 2. The third-order valence-electron chi connectivity index (χ3n) is 2.52. The molecule has 17 heavy (non-hydrogen) atoms. The number of halogens is 2. The van der Waals surface area contributed by atoms with Gasteiger partial charge in [-0.2, -0.15) is 4.31 Å². The van der Waals surface area contributed by atoms with Crippen molar-refractivity contribution in [2.24, 2.45) is 0 Å². The zero-order valence-corrected chi connectivity index (χ0v) is 11.8. The van der Waals surface area contributed by atoms with E-state index in [1.807, 2.05) is 0 Å². The molecule has 1 aromatic heterocycles. The normalized spacial score (nSPS) is 21.9. The van der Waals surface area contributed by atoms with Gasteiger partial charge in [0.05, 0.1) is 6.10 Å². The molecule has 0 saturated carbocycles. The summed E-state index contributed by atoms with van der Waals surface area (Å²) in [5.41, 5.74) is 0. The molecule has 1 atom stereocenters. The van der Waals surface area contributed by atoms with E-state index in [1.165, 1.54) is 16.6 Å². The fourth-order valence-corrected chi connectivity index (χ4v) is 4.07. The van der Waals surface area contributed by atoms with Gasteiger partial charge < -0.3 is 5.11 Å². The minimum Gasteiger partial charge on any atom is -0.392 e. The molecular weight excluding hydrogens is 332 g/mol. The Morgan fingerprint density at radius 2 is 2.29 bits per heavy atom. The molecule has 1 aliphatic heterocycles. The molecule has 0 radical (unpaired) electrons. The number of pyridine rings is 1. The van der Waals surface area contributed by atoms with Crippen molar-refractivity contribution < 1.29 is 13.5 Å². The Bertz CT molecular complexity index is 537. The molecule has 0 aliphatic carbocycles. The van der Waals surface area contributed by atoms with Crippen molar-refractivity contribution in [3.63, 3.8) is 0 Å². The summed E-state index contributed by atoms with van der Waals surface area (Å²) >= 11 is 8.95. The molecule has 8 heteroatoms. The number of sulfonamides is 1. The minimum atomic E-state index is -3.68. The summed E-state index contributed by atoms with van der Waals surface area (Å²) in [7, 11) is -3.68. The van der Waals surface area contributed by atoms with Gasteiger partial charge in [0, 0.05) is 23.8 Å². The fourth-order valence-electron chi connectivity index (χ4n) is 1.65. The average Bonchev–Trinajstić information content (AvgIpc) is 2.69. The van der Waals surface area contributed by atoms with Gasteiger partial charge in [0.1, 0.15) is 10.0 Å². The van der Waals surface area contributed by atoms with E-state index in [4.69, 9.17) is 11.6 Å². The lowest BCUT2D eigenvalue weighted by atomic mass is 10.3. The summed E-state index contributed by atoms with van der Waals surface area (Å²) in [6.07, 6.45) is 1.27. The highest BCUT2D eigenvalue weighted by molar-refractivity contribution is 9.10. The maximum atomic E-state index is 12.2. The van der Waals surface area contributed by atoms with Gasteiger partial charge in [0.25, 0.3) is 0 Å². The molecule has 0 unspecified atom stereocenters. The number of β-amino-alcohol motifs (C(OH)–C–C–N with tert-alkyl or cyclic N) is 1. The lowest BCUT2D eigenvalue weighted by molar-refractivity contribution is 0.189. The van der Waals surface area contributed by atoms with Crippen LogP contribution in [-0.2, 0) is 10.0 Å². The Kier molecular flexibility index (Phi) is 3.74. The largest absolute Gasteiger partial charge is 0.392 e. The van der Waals surface area contributed by atoms with Gasteiger partial charge in [-0.25, -0.2) is 13.4 Å². The summed E-state index contributed by atoms with van der Waals surface area (Å²) in [5, 5.41) is 9.31. The van der Waals surface area contributed by atoms with Crippen LogP contribution in [0.25, 0.3) is 0 Å². The summed E-state index contributed by atoms with van der Waals surface area (Å²) in [4.78, 5) is 3.75. The molecule has 2 heterocycles. The standard InChI is InChI=1S/C9H10BrClN2O3S/c10-6-3-8(9(11)12-4-6)17(15,16)13-2-1-7(14)5-13/h3-4,7,14H,1-2,5H2/t7-/m0/s1. The number of rotatable bonds is 2. The highest BCUT2D eigenvalue weighted by atomic mass is 79.9. The van der Waals surface area contributed by atoms with Gasteiger partial charge in [-0.15, -0.1) is 0 Å². The Hall–Kier alpha value is -0.210. The molecule has 1 saturated heterocycles. The number of hydrogen-bond acceptors (Lipinski definition) is 4. The molecule has 2 rings (SSSR count). The van der Waals surface area contributed by atoms with E-state index in [9.17, 15) is 13.5 Å². The summed E-state index contributed by atoms with van der Waals surface area (Å²) < 4.78 is 26.2. The molecule has 1 N–H and O–H groups in total. The van der Waals surface area contributed by atoms with E-state index < -0.39 is 16.1 Å². The van der Waals surface area contributed by atoms with Crippen LogP contribution in [0.3, 0.4) is 0 Å². The Morgan fingerprint density at radius 3 is 2.88 bits per heavy atom. The molecule has 0 spiro atoms. The third kappa shape index (κ3) is 2.63. The quantitative estimate of drug-likeness (QED) is 0.822. The van der Waals surface area contributed by atoms with Gasteiger partial charge in [-0.1, -0.05) is 11.6 Å². The van der Waals surface area contributed by atoms with Crippen LogP contribution in [-0.4, -0.2) is 42.0 Å². The van der Waals surface area contributed by atoms with E-state index in [0.29, 0.717) is 17.4 Å². The Balaban J connectivity index is 2.41. The van der Waals surface area contributed by atoms with Crippen LogP contribution in [0.2, 0.25) is 5.15 Å². The average molecular weight is 342 g/mol. The monoisotopic (exact) mass is 340 g/mol. The second-order valence-electron chi connectivity index (χ2n) is 3.75. The summed E-state index contributed by atoms with van der Waals surface area (Å²) in [6.45, 7) is 0.400. The van der Waals surface area contributed by atoms with Crippen molar-refractivity contribution in [3.8, 4) is 0 Å². The van der Waals surface area contributed by atoms with Gasteiger partial charge in [0.15, 0.2) is 0 Å². The van der Waals surface area contributed by atoms with Crippen LogP contribution >= 0.6 is 27.5 Å². The van der Waals surface area contributed by atoms with Gasteiger partial charge >= 0.3 is 0 Å². The predicted molar refractivity (Wildman–Crippen MR) is 66.3 cm³/mol. The van der Waals surface area contributed by atoms with Gasteiger partial charge in [-0.05, 0) is 28.4 Å². The predicted octanol–water partition coefficient (Wildman–Crippen LogP) is 1.25. The Labute approximate surface area is 113 Å². The molecule has 0 bridgehead atoms. The lowest BCUT2D eigenvalue weighted by Gasteiger charge is -2.16.